The summed E-state index contributed by atoms with van der Waals surface area (Å²) in [5.74, 6) is -0.884. The molecular weight excluding hydrogens is 268 g/mol. The van der Waals surface area contributed by atoms with E-state index in [1.165, 1.54) is 43.4 Å². The predicted molar refractivity (Wildman–Crippen MR) is 69.9 cm³/mol. The molecular formula is C13H13F2N3S. The van der Waals surface area contributed by atoms with Crippen LogP contribution in [0.3, 0.4) is 0 Å². The van der Waals surface area contributed by atoms with Gasteiger partial charge in [-0.2, -0.15) is 0 Å². The van der Waals surface area contributed by atoms with Crippen molar-refractivity contribution in [1.29, 1.82) is 0 Å². The molecule has 1 saturated carbocycles. The summed E-state index contributed by atoms with van der Waals surface area (Å²) in [5, 5.41) is 7.27. The average Bonchev–Trinajstić information content (AvgIpc) is 3.09. The van der Waals surface area contributed by atoms with Gasteiger partial charge in [0.2, 0.25) is 0 Å². The fourth-order valence-electron chi connectivity index (χ4n) is 1.88. The molecule has 1 aliphatic rings. The highest BCUT2D eigenvalue weighted by Gasteiger charge is 2.22. The van der Waals surface area contributed by atoms with Gasteiger partial charge in [-0.3, -0.25) is 0 Å². The van der Waals surface area contributed by atoms with Gasteiger partial charge in [0.1, 0.15) is 17.3 Å². The number of aryl methyl sites for hydroxylation is 1. The summed E-state index contributed by atoms with van der Waals surface area (Å²) in [6, 6.07) is 2.94. The monoisotopic (exact) mass is 281 g/mol. The molecule has 0 atom stereocenters. The van der Waals surface area contributed by atoms with E-state index in [9.17, 15) is 8.78 Å². The standard InChI is InChI=1S/C13H13F2N3S/c1-7-4-11(15)9(5-10(7)14)13-12(19-18-17-13)6-16-8-2-3-8/h4-5,8,16H,2-3,6H2,1H3. The topological polar surface area (TPSA) is 37.8 Å². The van der Waals surface area contributed by atoms with Crippen molar-refractivity contribution < 1.29 is 8.78 Å². The van der Waals surface area contributed by atoms with Crippen LogP contribution in [-0.2, 0) is 6.54 Å². The van der Waals surface area contributed by atoms with Gasteiger partial charge >= 0.3 is 0 Å². The predicted octanol–water partition coefficient (Wildman–Crippen LogP) is 3.04. The van der Waals surface area contributed by atoms with E-state index in [0.29, 0.717) is 23.8 Å². The highest BCUT2D eigenvalue weighted by atomic mass is 32.1. The molecule has 0 saturated heterocycles. The van der Waals surface area contributed by atoms with Gasteiger partial charge in [0.25, 0.3) is 0 Å². The molecule has 0 bridgehead atoms. The average molecular weight is 281 g/mol. The second kappa shape index (κ2) is 4.94. The zero-order valence-corrected chi connectivity index (χ0v) is 11.2. The Labute approximate surface area is 113 Å². The molecule has 2 aromatic rings. The lowest BCUT2D eigenvalue weighted by Gasteiger charge is -2.05. The van der Waals surface area contributed by atoms with Crippen LogP contribution in [0.25, 0.3) is 11.3 Å². The molecule has 0 unspecified atom stereocenters. The summed E-state index contributed by atoms with van der Waals surface area (Å²) in [5.41, 5.74) is 0.918. The highest BCUT2D eigenvalue weighted by Crippen LogP contribution is 2.29. The Hall–Kier alpha value is -1.40. The quantitative estimate of drug-likeness (QED) is 0.936. The number of aromatic nitrogens is 2. The van der Waals surface area contributed by atoms with Crippen LogP contribution in [0.1, 0.15) is 23.3 Å². The van der Waals surface area contributed by atoms with Crippen molar-refractivity contribution in [3.8, 4) is 11.3 Å². The summed E-state index contributed by atoms with van der Waals surface area (Å²) in [6.45, 7) is 2.14. The summed E-state index contributed by atoms with van der Waals surface area (Å²) in [6.07, 6.45) is 2.35. The van der Waals surface area contributed by atoms with E-state index in [4.69, 9.17) is 0 Å². The molecule has 0 aliphatic heterocycles. The maximum atomic E-state index is 13.9. The number of nitrogens with one attached hydrogen (secondary N) is 1. The van der Waals surface area contributed by atoms with Crippen LogP contribution < -0.4 is 5.32 Å². The van der Waals surface area contributed by atoms with Gasteiger partial charge in [-0.1, -0.05) is 4.49 Å². The van der Waals surface area contributed by atoms with E-state index < -0.39 is 11.6 Å². The third-order valence-corrected chi connectivity index (χ3v) is 3.91. The number of hydrogen-bond acceptors (Lipinski definition) is 4. The van der Waals surface area contributed by atoms with Crippen LogP contribution in [-0.4, -0.2) is 15.6 Å². The number of benzene rings is 1. The minimum absolute atomic E-state index is 0.185. The Balaban J connectivity index is 1.92. The molecule has 1 N–H and O–H groups in total. The first-order valence-corrected chi connectivity index (χ1v) is 6.93. The van der Waals surface area contributed by atoms with E-state index in [-0.39, 0.29) is 5.56 Å². The Morgan fingerprint density at radius 2 is 2.11 bits per heavy atom. The van der Waals surface area contributed by atoms with E-state index in [1.807, 2.05) is 0 Å². The normalized spacial score (nSPS) is 14.9. The SMILES string of the molecule is Cc1cc(F)c(-c2nnsc2CNC2CC2)cc1F. The van der Waals surface area contributed by atoms with Crippen molar-refractivity contribution >= 4 is 11.5 Å². The molecule has 3 rings (SSSR count). The number of rotatable bonds is 4. The lowest BCUT2D eigenvalue weighted by Crippen LogP contribution is -2.15. The molecule has 0 radical (unpaired) electrons. The Kier molecular flexibility index (Phi) is 3.28. The third kappa shape index (κ3) is 2.64. The Morgan fingerprint density at radius 1 is 1.32 bits per heavy atom. The van der Waals surface area contributed by atoms with Crippen LogP contribution in [0, 0.1) is 18.6 Å². The fourth-order valence-corrected chi connectivity index (χ4v) is 2.49. The Bertz CT molecular complexity index is 608. The van der Waals surface area contributed by atoms with Crippen molar-refractivity contribution in [1.82, 2.24) is 14.9 Å². The van der Waals surface area contributed by atoms with Crippen molar-refractivity contribution in [3.05, 3.63) is 34.2 Å². The van der Waals surface area contributed by atoms with Crippen LogP contribution in [0.2, 0.25) is 0 Å². The van der Waals surface area contributed by atoms with E-state index in [0.717, 1.165) is 4.88 Å². The first-order valence-electron chi connectivity index (χ1n) is 6.16. The molecule has 1 aromatic heterocycles. The number of halogens is 2. The Morgan fingerprint density at radius 3 is 2.84 bits per heavy atom. The first-order chi connectivity index (χ1) is 9.15. The molecule has 0 spiro atoms. The van der Waals surface area contributed by atoms with Crippen LogP contribution in [0.4, 0.5) is 8.78 Å². The van der Waals surface area contributed by atoms with Crippen molar-refractivity contribution in [2.75, 3.05) is 0 Å². The maximum Gasteiger partial charge on any atom is 0.133 e. The summed E-state index contributed by atoms with van der Waals surface area (Å²) >= 11 is 1.22. The minimum atomic E-state index is -0.459. The van der Waals surface area contributed by atoms with E-state index >= 15 is 0 Å². The van der Waals surface area contributed by atoms with Crippen molar-refractivity contribution in [2.24, 2.45) is 0 Å². The highest BCUT2D eigenvalue weighted by molar-refractivity contribution is 7.05. The summed E-state index contributed by atoms with van der Waals surface area (Å²) in [4.78, 5) is 0.842. The largest absolute Gasteiger partial charge is 0.309 e. The molecule has 1 aliphatic carbocycles. The van der Waals surface area contributed by atoms with Crippen LogP contribution in [0.5, 0.6) is 0 Å². The molecule has 6 heteroatoms. The first kappa shape index (κ1) is 12.6. The molecule has 19 heavy (non-hydrogen) atoms. The maximum absolute atomic E-state index is 13.9. The van der Waals surface area contributed by atoms with Crippen LogP contribution in [0.15, 0.2) is 12.1 Å². The molecule has 1 heterocycles. The summed E-state index contributed by atoms with van der Waals surface area (Å²) < 4.78 is 31.4. The lowest BCUT2D eigenvalue weighted by molar-refractivity contribution is 0.594. The molecule has 0 amide bonds. The van der Waals surface area contributed by atoms with Gasteiger partial charge < -0.3 is 5.32 Å². The van der Waals surface area contributed by atoms with Gasteiger partial charge in [-0.25, -0.2) is 8.78 Å². The molecule has 1 aromatic carbocycles. The second-order valence-electron chi connectivity index (χ2n) is 4.78. The fraction of sp³-hybridized carbons (Fsp3) is 0.385. The van der Waals surface area contributed by atoms with Gasteiger partial charge in [0.05, 0.1) is 4.88 Å². The zero-order chi connectivity index (χ0) is 13.4. The second-order valence-corrected chi connectivity index (χ2v) is 5.62. The van der Waals surface area contributed by atoms with E-state index in [2.05, 4.69) is 14.9 Å². The van der Waals surface area contributed by atoms with Gasteiger partial charge in [-0.15, -0.1) is 5.10 Å². The molecule has 100 valence electrons. The van der Waals surface area contributed by atoms with E-state index in [1.54, 1.807) is 0 Å². The summed E-state index contributed by atoms with van der Waals surface area (Å²) in [7, 11) is 0. The number of nitrogens with zero attached hydrogens (tertiary/aromatic N) is 2. The zero-order valence-electron chi connectivity index (χ0n) is 10.4. The van der Waals surface area contributed by atoms with Crippen LogP contribution >= 0.6 is 11.5 Å². The van der Waals surface area contributed by atoms with Gasteiger partial charge in [0, 0.05) is 18.2 Å². The van der Waals surface area contributed by atoms with Gasteiger partial charge in [0.15, 0.2) is 0 Å². The van der Waals surface area contributed by atoms with Gasteiger partial charge in [-0.05, 0) is 49.0 Å². The third-order valence-electron chi connectivity index (χ3n) is 3.19. The lowest BCUT2D eigenvalue weighted by atomic mass is 10.1. The minimum Gasteiger partial charge on any atom is -0.309 e. The molecule has 3 nitrogen and oxygen atoms in total. The van der Waals surface area contributed by atoms with Crippen molar-refractivity contribution in [2.45, 2.75) is 32.4 Å². The molecule has 1 fully saturated rings. The smallest absolute Gasteiger partial charge is 0.133 e. The number of hydrogen-bond donors (Lipinski definition) is 1. The van der Waals surface area contributed by atoms with Crippen molar-refractivity contribution in [3.63, 3.8) is 0 Å².